The Hall–Kier alpha value is -1.43. The van der Waals surface area contributed by atoms with Crippen LogP contribution >= 0.6 is 0 Å². The highest BCUT2D eigenvalue weighted by molar-refractivity contribution is 5.76. The largest absolute Gasteiger partial charge is 0.349 e. The highest BCUT2D eigenvalue weighted by Gasteiger charge is 2.25. The lowest BCUT2D eigenvalue weighted by molar-refractivity contribution is -0.124. The van der Waals surface area contributed by atoms with Crippen LogP contribution in [0.4, 0.5) is 0 Å². The molecule has 0 aliphatic heterocycles. The predicted molar refractivity (Wildman–Crippen MR) is 69.7 cm³/mol. The van der Waals surface area contributed by atoms with Crippen LogP contribution in [-0.4, -0.2) is 26.4 Å². The van der Waals surface area contributed by atoms with Crippen molar-refractivity contribution in [1.82, 2.24) is 20.3 Å². The molecule has 0 atom stereocenters. The number of nitrogens with one attached hydrogen (secondary N) is 1. The van der Waals surface area contributed by atoms with Crippen molar-refractivity contribution in [3.63, 3.8) is 0 Å². The van der Waals surface area contributed by atoms with Gasteiger partial charge in [0.05, 0.1) is 11.9 Å². The number of rotatable bonds is 7. The zero-order valence-corrected chi connectivity index (χ0v) is 11.4. The first-order chi connectivity index (χ1) is 8.59. The Morgan fingerprint density at radius 1 is 1.39 bits per heavy atom. The molecule has 1 aromatic rings. The molecule has 6 nitrogen and oxygen atoms in total. The number of carbonyl (C=O) groups excluding carboxylic acids is 1. The molecule has 0 fully saturated rings. The van der Waals surface area contributed by atoms with Crippen LogP contribution in [0, 0.1) is 0 Å². The van der Waals surface area contributed by atoms with E-state index in [1.807, 2.05) is 0 Å². The average molecular weight is 253 g/mol. The van der Waals surface area contributed by atoms with E-state index in [0.29, 0.717) is 12.2 Å². The Kier molecular flexibility index (Phi) is 5.27. The lowest BCUT2D eigenvalue weighted by Gasteiger charge is -2.31. The van der Waals surface area contributed by atoms with Crippen LogP contribution < -0.4 is 11.1 Å². The summed E-state index contributed by atoms with van der Waals surface area (Å²) in [7, 11) is 0. The fourth-order valence-electron chi connectivity index (χ4n) is 2.01. The second-order valence-electron chi connectivity index (χ2n) is 4.50. The van der Waals surface area contributed by atoms with E-state index in [1.54, 1.807) is 6.20 Å². The minimum Gasteiger partial charge on any atom is -0.349 e. The van der Waals surface area contributed by atoms with Gasteiger partial charge in [-0.15, -0.1) is 5.10 Å². The Morgan fingerprint density at radius 2 is 2.00 bits per heavy atom. The molecule has 0 spiro atoms. The molecule has 0 bridgehead atoms. The lowest BCUT2D eigenvalue weighted by Crippen LogP contribution is -2.48. The average Bonchev–Trinajstić information content (AvgIpc) is 2.83. The fraction of sp³-hybridized carbons (Fsp3) is 0.750. The maximum Gasteiger partial charge on any atom is 0.242 e. The first kappa shape index (κ1) is 14.6. The minimum atomic E-state index is -0.103. The summed E-state index contributed by atoms with van der Waals surface area (Å²) in [5.74, 6) is -0.0333. The van der Waals surface area contributed by atoms with Gasteiger partial charge in [-0.3, -0.25) is 4.79 Å². The molecule has 6 heteroatoms. The smallest absolute Gasteiger partial charge is 0.242 e. The van der Waals surface area contributed by atoms with Crippen LogP contribution in [0.2, 0.25) is 0 Å². The van der Waals surface area contributed by atoms with E-state index in [4.69, 9.17) is 5.73 Å². The molecule has 0 aromatic carbocycles. The number of amides is 1. The number of carbonyl (C=O) groups is 1. The molecule has 0 aliphatic carbocycles. The molecule has 1 heterocycles. The molecule has 102 valence electrons. The number of nitrogens with zero attached hydrogens (tertiary/aromatic N) is 3. The molecule has 1 aromatic heterocycles. The number of hydrogen-bond acceptors (Lipinski definition) is 4. The standard InChI is InChI=1S/C12H23N5O/c1-4-12(5-2,6-3)14-11(18)9-17-8-10(7-13)15-16-17/h8H,4-7,9,13H2,1-3H3,(H,14,18). The topological polar surface area (TPSA) is 85.8 Å². The van der Waals surface area contributed by atoms with Crippen LogP contribution in [0.15, 0.2) is 6.20 Å². The molecule has 0 radical (unpaired) electrons. The molecule has 18 heavy (non-hydrogen) atoms. The summed E-state index contributed by atoms with van der Waals surface area (Å²) in [6.07, 6.45) is 4.48. The zero-order valence-electron chi connectivity index (χ0n) is 11.4. The normalized spacial score (nSPS) is 11.6. The van der Waals surface area contributed by atoms with Crippen LogP contribution in [0.3, 0.4) is 0 Å². The van der Waals surface area contributed by atoms with E-state index >= 15 is 0 Å². The third kappa shape index (κ3) is 3.53. The van der Waals surface area contributed by atoms with E-state index in [0.717, 1.165) is 19.3 Å². The fourth-order valence-corrected chi connectivity index (χ4v) is 2.01. The van der Waals surface area contributed by atoms with Gasteiger partial charge in [0.15, 0.2) is 0 Å². The van der Waals surface area contributed by atoms with Gasteiger partial charge in [0.1, 0.15) is 6.54 Å². The molecular weight excluding hydrogens is 230 g/mol. The predicted octanol–water partition coefficient (Wildman–Crippen LogP) is 0.822. The van der Waals surface area contributed by atoms with Gasteiger partial charge in [-0.2, -0.15) is 0 Å². The number of nitrogens with two attached hydrogens (primary N) is 1. The minimum absolute atomic E-state index is 0.0333. The van der Waals surface area contributed by atoms with E-state index in [1.165, 1.54) is 4.68 Å². The zero-order chi connectivity index (χ0) is 13.6. The Bertz CT molecular complexity index is 375. The van der Waals surface area contributed by atoms with Crippen molar-refractivity contribution in [2.75, 3.05) is 0 Å². The summed E-state index contributed by atoms with van der Waals surface area (Å²) in [5.41, 5.74) is 6.03. The first-order valence-electron chi connectivity index (χ1n) is 6.49. The van der Waals surface area contributed by atoms with E-state index in [2.05, 4.69) is 36.4 Å². The van der Waals surface area contributed by atoms with Crippen LogP contribution in [0.25, 0.3) is 0 Å². The van der Waals surface area contributed by atoms with Gasteiger partial charge in [0.25, 0.3) is 0 Å². The van der Waals surface area contributed by atoms with Gasteiger partial charge in [-0.05, 0) is 19.3 Å². The molecule has 0 saturated carbocycles. The summed E-state index contributed by atoms with van der Waals surface area (Å²) in [6, 6.07) is 0. The van der Waals surface area contributed by atoms with E-state index in [-0.39, 0.29) is 18.0 Å². The lowest BCUT2D eigenvalue weighted by atomic mass is 9.90. The maximum absolute atomic E-state index is 12.0. The third-order valence-corrected chi connectivity index (χ3v) is 3.54. The van der Waals surface area contributed by atoms with Crippen molar-refractivity contribution in [2.24, 2.45) is 5.73 Å². The molecule has 1 rings (SSSR count). The molecule has 1 amide bonds. The summed E-state index contributed by atoms with van der Waals surface area (Å²) in [5, 5.41) is 10.8. The van der Waals surface area contributed by atoms with E-state index < -0.39 is 0 Å². The molecular formula is C12H23N5O. The van der Waals surface area contributed by atoms with Crippen LogP contribution in [0.1, 0.15) is 45.7 Å². The summed E-state index contributed by atoms with van der Waals surface area (Å²) in [4.78, 5) is 12.0. The van der Waals surface area contributed by atoms with Crippen LogP contribution in [0.5, 0.6) is 0 Å². The quantitative estimate of drug-likeness (QED) is 0.753. The van der Waals surface area contributed by atoms with E-state index in [9.17, 15) is 4.79 Å². The van der Waals surface area contributed by atoms with Gasteiger partial charge in [0, 0.05) is 12.1 Å². The summed E-state index contributed by atoms with van der Waals surface area (Å²) in [6.45, 7) is 6.80. The Balaban J connectivity index is 2.60. The molecule has 0 saturated heterocycles. The summed E-state index contributed by atoms with van der Waals surface area (Å²) >= 11 is 0. The van der Waals surface area contributed by atoms with Crippen molar-refractivity contribution in [2.45, 2.75) is 58.7 Å². The first-order valence-corrected chi connectivity index (χ1v) is 6.49. The molecule has 0 aliphatic rings. The second kappa shape index (κ2) is 6.49. The van der Waals surface area contributed by atoms with Crippen LogP contribution in [-0.2, 0) is 17.9 Å². The SMILES string of the molecule is CCC(CC)(CC)NC(=O)Cn1cc(CN)nn1. The van der Waals surface area contributed by atoms with Crippen molar-refractivity contribution in [3.8, 4) is 0 Å². The maximum atomic E-state index is 12.0. The van der Waals surface area contributed by atoms with Gasteiger partial charge in [0.2, 0.25) is 5.91 Å². The van der Waals surface area contributed by atoms with Crippen molar-refractivity contribution in [1.29, 1.82) is 0 Å². The second-order valence-corrected chi connectivity index (χ2v) is 4.50. The van der Waals surface area contributed by atoms with Gasteiger partial charge >= 0.3 is 0 Å². The monoisotopic (exact) mass is 253 g/mol. The Labute approximate surface area is 108 Å². The number of aromatic nitrogens is 3. The molecule has 3 N–H and O–H groups in total. The Morgan fingerprint density at radius 3 is 2.44 bits per heavy atom. The van der Waals surface area contributed by atoms with Gasteiger partial charge in [-0.25, -0.2) is 4.68 Å². The van der Waals surface area contributed by atoms with Crippen molar-refractivity contribution < 1.29 is 4.79 Å². The molecule has 0 unspecified atom stereocenters. The summed E-state index contributed by atoms with van der Waals surface area (Å²) < 4.78 is 1.52. The third-order valence-electron chi connectivity index (χ3n) is 3.54. The van der Waals surface area contributed by atoms with Crippen molar-refractivity contribution in [3.05, 3.63) is 11.9 Å². The van der Waals surface area contributed by atoms with Gasteiger partial charge < -0.3 is 11.1 Å². The number of hydrogen-bond donors (Lipinski definition) is 2. The van der Waals surface area contributed by atoms with Crippen molar-refractivity contribution >= 4 is 5.91 Å². The highest BCUT2D eigenvalue weighted by Crippen LogP contribution is 2.18. The highest BCUT2D eigenvalue weighted by atomic mass is 16.2. The van der Waals surface area contributed by atoms with Gasteiger partial charge in [-0.1, -0.05) is 26.0 Å².